The van der Waals surface area contributed by atoms with Crippen LogP contribution in [0.1, 0.15) is 18.4 Å². The standard InChI is InChI=1S/C16H15ClN4OS/c1-10-2-5-12(8-13(10)17)20-6-7-21-14(15(20)22)18-19-16(21)23-9-11-3-4-11/h2,5-8,11H,3-4,9H2,1H3. The van der Waals surface area contributed by atoms with E-state index >= 15 is 0 Å². The van der Waals surface area contributed by atoms with Crippen molar-refractivity contribution in [2.24, 2.45) is 5.92 Å². The summed E-state index contributed by atoms with van der Waals surface area (Å²) in [6.07, 6.45) is 6.16. The molecule has 2 heterocycles. The van der Waals surface area contributed by atoms with Crippen molar-refractivity contribution < 1.29 is 0 Å². The number of aryl methyl sites for hydroxylation is 1. The van der Waals surface area contributed by atoms with Crippen LogP contribution < -0.4 is 5.56 Å². The van der Waals surface area contributed by atoms with Crippen molar-refractivity contribution in [2.45, 2.75) is 24.9 Å². The number of fused-ring (bicyclic) bond motifs is 1. The minimum absolute atomic E-state index is 0.196. The summed E-state index contributed by atoms with van der Waals surface area (Å²) in [5, 5.41) is 9.64. The van der Waals surface area contributed by atoms with Crippen molar-refractivity contribution in [3.05, 3.63) is 51.5 Å². The Hall–Kier alpha value is -1.79. The zero-order chi connectivity index (χ0) is 16.0. The Balaban J connectivity index is 1.75. The molecule has 0 aliphatic heterocycles. The van der Waals surface area contributed by atoms with Crippen LogP contribution in [0.15, 0.2) is 40.5 Å². The SMILES string of the molecule is Cc1ccc(-n2ccn3c(SCC4CC4)nnc3c2=O)cc1Cl. The number of hydrogen-bond donors (Lipinski definition) is 0. The molecular weight excluding hydrogens is 332 g/mol. The van der Waals surface area contributed by atoms with E-state index in [2.05, 4.69) is 10.2 Å². The molecule has 0 radical (unpaired) electrons. The first-order valence-corrected chi connectivity index (χ1v) is 8.85. The van der Waals surface area contributed by atoms with E-state index in [-0.39, 0.29) is 5.56 Å². The fourth-order valence-corrected chi connectivity index (χ4v) is 3.65. The molecule has 3 aromatic rings. The summed E-state index contributed by atoms with van der Waals surface area (Å²) in [4.78, 5) is 12.7. The molecule has 23 heavy (non-hydrogen) atoms. The first-order valence-electron chi connectivity index (χ1n) is 7.49. The fourth-order valence-electron chi connectivity index (χ4n) is 2.38. The molecule has 0 spiro atoms. The van der Waals surface area contributed by atoms with Crippen molar-refractivity contribution in [3.63, 3.8) is 0 Å². The molecule has 0 bridgehead atoms. The molecule has 118 valence electrons. The topological polar surface area (TPSA) is 52.2 Å². The Bertz CT molecular complexity index is 945. The summed E-state index contributed by atoms with van der Waals surface area (Å²) in [5.74, 6) is 1.83. The molecule has 5 nitrogen and oxygen atoms in total. The van der Waals surface area contributed by atoms with Gasteiger partial charge in [-0.05, 0) is 43.4 Å². The Morgan fingerprint density at radius 3 is 2.87 bits per heavy atom. The number of rotatable bonds is 4. The van der Waals surface area contributed by atoms with Gasteiger partial charge >= 0.3 is 5.56 Å². The van der Waals surface area contributed by atoms with Crippen LogP contribution in [0, 0.1) is 12.8 Å². The normalized spacial score (nSPS) is 14.5. The third-order valence-corrected chi connectivity index (χ3v) is 5.60. The Morgan fingerprint density at radius 1 is 1.30 bits per heavy atom. The molecule has 0 N–H and O–H groups in total. The smallest absolute Gasteiger partial charge is 0.280 e. The van der Waals surface area contributed by atoms with Crippen LogP contribution in [0.5, 0.6) is 0 Å². The number of halogens is 1. The summed E-state index contributed by atoms with van der Waals surface area (Å²) < 4.78 is 3.31. The van der Waals surface area contributed by atoms with E-state index in [4.69, 9.17) is 11.6 Å². The number of hydrogen-bond acceptors (Lipinski definition) is 4. The lowest BCUT2D eigenvalue weighted by Crippen LogP contribution is -2.20. The Morgan fingerprint density at radius 2 is 2.13 bits per heavy atom. The number of nitrogens with zero attached hydrogens (tertiary/aromatic N) is 4. The number of benzene rings is 1. The molecule has 4 rings (SSSR count). The largest absolute Gasteiger partial charge is 0.300 e. The Labute approximate surface area is 142 Å². The van der Waals surface area contributed by atoms with Crippen molar-refractivity contribution in [2.75, 3.05) is 5.75 Å². The van der Waals surface area contributed by atoms with Crippen molar-refractivity contribution in [1.82, 2.24) is 19.2 Å². The van der Waals surface area contributed by atoms with E-state index in [9.17, 15) is 4.79 Å². The monoisotopic (exact) mass is 346 g/mol. The summed E-state index contributed by atoms with van der Waals surface area (Å²) in [5.41, 5.74) is 1.84. The van der Waals surface area contributed by atoms with Gasteiger partial charge in [0.2, 0.25) is 5.65 Å². The van der Waals surface area contributed by atoms with Crippen LogP contribution in [-0.2, 0) is 0 Å². The lowest BCUT2D eigenvalue weighted by molar-refractivity contribution is 0.887. The maximum atomic E-state index is 12.7. The molecule has 1 saturated carbocycles. The van der Waals surface area contributed by atoms with E-state index in [0.717, 1.165) is 28.1 Å². The highest BCUT2D eigenvalue weighted by Gasteiger charge is 2.22. The molecule has 1 aliphatic carbocycles. The molecular formula is C16H15ClN4OS. The van der Waals surface area contributed by atoms with Gasteiger partial charge in [-0.3, -0.25) is 13.8 Å². The average molecular weight is 347 g/mol. The molecule has 1 aromatic carbocycles. The van der Waals surface area contributed by atoms with Gasteiger partial charge in [0.1, 0.15) is 0 Å². The molecule has 2 aromatic heterocycles. The third kappa shape index (κ3) is 2.77. The van der Waals surface area contributed by atoms with E-state index in [1.807, 2.05) is 25.3 Å². The Kier molecular flexibility index (Phi) is 3.66. The van der Waals surface area contributed by atoms with Crippen molar-refractivity contribution in [1.29, 1.82) is 0 Å². The quantitative estimate of drug-likeness (QED) is 0.680. The molecule has 1 fully saturated rings. The molecule has 7 heteroatoms. The summed E-state index contributed by atoms with van der Waals surface area (Å²) >= 11 is 7.83. The molecule has 0 unspecified atom stereocenters. The van der Waals surface area contributed by atoms with Crippen LogP contribution in [0.25, 0.3) is 11.3 Å². The van der Waals surface area contributed by atoms with Crippen molar-refractivity contribution in [3.8, 4) is 5.69 Å². The highest BCUT2D eigenvalue weighted by Crippen LogP contribution is 2.34. The van der Waals surface area contributed by atoms with Crippen LogP contribution in [0.4, 0.5) is 0 Å². The van der Waals surface area contributed by atoms with Gasteiger partial charge in [-0.2, -0.15) is 0 Å². The van der Waals surface area contributed by atoms with Gasteiger partial charge < -0.3 is 0 Å². The van der Waals surface area contributed by atoms with E-state index in [1.165, 1.54) is 12.8 Å². The second kappa shape index (κ2) is 5.69. The summed E-state index contributed by atoms with van der Waals surface area (Å²) in [7, 11) is 0. The molecule has 0 atom stereocenters. The number of thioether (sulfide) groups is 1. The van der Waals surface area contributed by atoms with E-state index in [0.29, 0.717) is 10.7 Å². The van der Waals surface area contributed by atoms with Gasteiger partial charge in [-0.15, -0.1) is 10.2 Å². The molecule has 0 saturated heterocycles. The summed E-state index contributed by atoms with van der Waals surface area (Å²) in [6, 6.07) is 5.56. The van der Waals surface area contributed by atoms with Gasteiger partial charge in [0.25, 0.3) is 0 Å². The highest BCUT2D eigenvalue weighted by atomic mass is 35.5. The van der Waals surface area contributed by atoms with Crippen LogP contribution in [-0.4, -0.2) is 24.9 Å². The molecule has 1 aliphatic rings. The lowest BCUT2D eigenvalue weighted by Gasteiger charge is -2.08. The predicted octanol–water partition coefficient (Wildman–Crippen LogP) is 3.34. The van der Waals surface area contributed by atoms with E-state index < -0.39 is 0 Å². The van der Waals surface area contributed by atoms with Crippen LogP contribution in [0.3, 0.4) is 0 Å². The fraction of sp³-hybridized carbons (Fsp3) is 0.312. The molecule has 0 amide bonds. The van der Waals surface area contributed by atoms with E-state index in [1.54, 1.807) is 33.0 Å². The van der Waals surface area contributed by atoms with Gasteiger partial charge in [0, 0.05) is 23.2 Å². The second-order valence-electron chi connectivity index (χ2n) is 5.84. The first-order chi connectivity index (χ1) is 11.1. The summed E-state index contributed by atoms with van der Waals surface area (Å²) in [6.45, 7) is 1.93. The highest BCUT2D eigenvalue weighted by molar-refractivity contribution is 7.99. The van der Waals surface area contributed by atoms with Gasteiger partial charge in [-0.25, -0.2) is 0 Å². The first kappa shape index (κ1) is 14.8. The number of aromatic nitrogens is 4. The van der Waals surface area contributed by atoms with Crippen LogP contribution >= 0.6 is 23.4 Å². The maximum absolute atomic E-state index is 12.7. The maximum Gasteiger partial charge on any atom is 0.300 e. The minimum atomic E-state index is -0.196. The third-order valence-electron chi connectivity index (χ3n) is 4.02. The van der Waals surface area contributed by atoms with Crippen LogP contribution in [0.2, 0.25) is 5.02 Å². The lowest BCUT2D eigenvalue weighted by atomic mass is 10.2. The minimum Gasteiger partial charge on any atom is -0.280 e. The van der Waals surface area contributed by atoms with Gasteiger partial charge in [-0.1, -0.05) is 29.4 Å². The van der Waals surface area contributed by atoms with Gasteiger partial charge in [0.15, 0.2) is 5.16 Å². The predicted molar refractivity (Wildman–Crippen MR) is 91.8 cm³/mol. The zero-order valence-corrected chi connectivity index (χ0v) is 14.1. The van der Waals surface area contributed by atoms with Crippen molar-refractivity contribution >= 4 is 29.0 Å². The van der Waals surface area contributed by atoms with Gasteiger partial charge in [0.05, 0.1) is 5.69 Å². The zero-order valence-electron chi connectivity index (χ0n) is 12.6. The average Bonchev–Trinajstić information content (AvgIpc) is 3.28. The second-order valence-corrected chi connectivity index (χ2v) is 7.23.